The molecule has 0 unspecified atom stereocenters. The molecule has 0 bridgehead atoms. The van der Waals surface area contributed by atoms with Crippen LogP contribution in [0, 0.1) is 0 Å². The number of hydrazone groups is 1. The van der Waals surface area contributed by atoms with E-state index in [2.05, 4.69) is 10.5 Å². The first-order chi connectivity index (χ1) is 9.54. The highest BCUT2D eigenvalue weighted by Gasteiger charge is 2.11. The van der Waals surface area contributed by atoms with Gasteiger partial charge in [-0.15, -0.1) is 0 Å². The highest BCUT2D eigenvalue weighted by Crippen LogP contribution is 2.07. The predicted octanol–water partition coefficient (Wildman–Crippen LogP) is 1.02. The quantitative estimate of drug-likeness (QED) is 0.465. The van der Waals surface area contributed by atoms with Gasteiger partial charge in [-0.05, 0) is 17.8 Å². The molecule has 1 amide bonds. The van der Waals surface area contributed by atoms with Crippen LogP contribution in [-0.4, -0.2) is 36.0 Å². The lowest BCUT2D eigenvalue weighted by molar-refractivity contribution is -0.168. The minimum atomic E-state index is -0.133. The van der Waals surface area contributed by atoms with Crippen LogP contribution in [0.3, 0.4) is 0 Å². The van der Waals surface area contributed by atoms with E-state index < -0.39 is 0 Å². The Balaban J connectivity index is 2.77. The average Bonchev–Trinajstić information content (AvgIpc) is 2.46. The Kier molecular flexibility index (Phi) is 6.61. The topological polar surface area (TPSA) is 80.0 Å². The molecule has 0 radical (unpaired) electrons. The van der Waals surface area contributed by atoms with E-state index in [9.17, 15) is 4.79 Å². The molecule has 6 nitrogen and oxygen atoms in total. The molecule has 0 spiro atoms. The molecule has 0 aliphatic heterocycles. The van der Waals surface area contributed by atoms with Crippen molar-refractivity contribution in [2.45, 2.75) is 12.8 Å². The summed E-state index contributed by atoms with van der Waals surface area (Å²) in [6.07, 6.45) is 0.725. The number of carbonyl (C=O) groups is 1. The standard InChI is InChI=1S/C13H18N4O2S/c1-17(19-2)12(18)9-8-11(15-16-13(14)20)10-6-4-3-5-7-10/h3-7H,8-9H2,1-2H3,(H3,14,16,20). The largest absolute Gasteiger partial charge is 0.375 e. The van der Waals surface area contributed by atoms with Crippen LogP contribution in [-0.2, 0) is 9.63 Å². The van der Waals surface area contributed by atoms with E-state index in [4.69, 9.17) is 22.8 Å². The van der Waals surface area contributed by atoms with Crippen LogP contribution in [0.4, 0.5) is 0 Å². The van der Waals surface area contributed by atoms with Gasteiger partial charge in [0.2, 0.25) is 5.91 Å². The molecule has 1 aromatic rings. The third-order valence-corrected chi connectivity index (χ3v) is 2.70. The summed E-state index contributed by atoms with van der Waals surface area (Å²) in [5.41, 5.74) is 9.53. The number of nitrogens with one attached hydrogen (secondary N) is 1. The van der Waals surface area contributed by atoms with E-state index in [0.717, 1.165) is 5.56 Å². The number of hydrogen-bond donors (Lipinski definition) is 2. The maximum Gasteiger partial charge on any atom is 0.246 e. The summed E-state index contributed by atoms with van der Waals surface area (Å²) in [7, 11) is 3.01. The molecule has 0 saturated carbocycles. The predicted molar refractivity (Wildman–Crippen MR) is 81.9 cm³/mol. The Morgan fingerprint density at radius 3 is 2.60 bits per heavy atom. The number of hydrogen-bond acceptors (Lipinski definition) is 4. The monoisotopic (exact) mass is 294 g/mol. The molecule has 1 aromatic carbocycles. The molecule has 0 aromatic heterocycles. The number of rotatable bonds is 6. The molecule has 0 fully saturated rings. The molecule has 1 rings (SSSR count). The summed E-state index contributed by atoms with van der Waals surface area (Å²) < 4.78 is 0. The van der Waals surface area contributed by atoms with Gasteiger partial charge < -0.3 is 5.73 Å². The Bertz CT molecular complexity index is 490. The summed E-state index contributed by atoms with van der Waals surface area (Å²) in [6.45, 7) is 0. The molecular formula is C13H18N4O2S. The summed E-state index contributed by atoms with van der Waals surface area (Å²) >= 11 is 4.72. The van der Waals surface area contributed by atoms with Crippen molar-refractivity contribution in [2.75, 3.05) is 14.2 Å². The smallest absolute Gasteiger partial charge is 0.246 e. The highest BCUT2D eigenvalue weighted by atomic mass is 32.1. The van der Waals surface area contributed by atoms with Crippen molar-refractivity contribution in [1.82, 2.24) is 10.5 Å². The third kappa shape index (κ3) is 5.33. The molecule has 7 heteroatoms. The Morgan fingerprint density at radius 1 is 1.40 bits per heavy atom. The van der Waals surface area contributed by atoms with Crippen molar-refractivity contribution in [1.29, 1.82) is 0 Å². The second-order valence-corrected chi connectivity index (χ2v) is 4.41. The van der Waals surface area contributed by atoms with Crippen molar-refractivity contribution in [3.63, 3.8) is 0 Å². The maximum atomic E-state index is 11.7. The van der Waals surface area contributed by atoms with Crippen LogP contribution in [0.2, 0.25) is 0 Å². The van der Waals surface area contributed by atoms with Crippen LogP contribution in [0.5, 0.6) is 0 Å². The fraction of sp³-hybridized carbons (Fsp3) is 0.308. The number of amides is 1. The lowest BCUT2D eigenvalue weighted by atomic mass is 10.1. The normalized spacial score (nSPS) is 11.0. The zero-order valence-corrected chi connectivity index (χ0v) is 12.3. The Labute approximate surface area is 123 Å². The van der Waals surface area contributed by atoms with Crippen molar-refractivity contribution in [2.24, 2.45) is 10.8 Å². The summed E-state index contributed by atoms with van der Waals surface area (Å²) in [6, 6.07) is 9.52. The van der Waals surface area contributed by atoms with Gasteiger partial charge in [-0.2, -0.15) is 5.10 Å². The van der Waals surface area contributed by atoms with Gasteiger partial charge >= 0.3 is 0 Å². The highest BCUT2D eigenvalue weighted by molar-refractivity contribution is 7.80. The molecule has 0 saturated heterocycles. The number of nitrogens with zero attached hydrogens (tertiary/aromatic N) is 2. The number of thiocarbonyl (C=S) groups is 1. The summed E-state index contributed by atoms with van der Waals surface area (Å²) in [5, 5.41) is 5.41. The molecule has 108 valence electrons. The molecule has 20 heavy (non-hydrogen) atoms. The lowest BCUT2D eigenvalue weighted by Gasteiger charge is -2.14. The minimum Gasteiger partial charge on any atom is -0.375 e. The first kappa shape index (κ1) is 16.1. The second-order valence-electron chi connectivity index (χ2n) is 3.97. The van der Waals surface area contributed by atoms with E-state index in [1.807, 2.05) is 30.3 Å². The fourth-order valence-corrected chi connectivity index (χ4v) is 1.55. The van der Waals surface area contributed by atoms with Crippen molar-refractivity contribution in [3.05, 3.63) is 35.9 Å². The molecular weight excluding hydrogens is 276 g/mol. The van der Waals surface area contributed by atoms with Crippen molar-refractivity contribution in [3.8, 4) is 0 Å². The Morgan fingerprint density at radius 2 is 2.05 bits per heavy atom. The van der Waals surface area contributed by atoms with Gasteiger partial charge in [-0.1, -0.05) is 30.3 Å². The van der Waals surface area contributed by atoms with Gasteiger partial charge in [0.25, 0.3) is 0 Å². The number of benzene rings is 1. The van der Waals surface area contributed by atoms with Crippen LogP contribution in [0.15, 0.2) is 35.4 Å². The number of hydroxylamine groups is 2. The summed E-state index contributed by atoms with van der Waals surface area (Å²) in [4.78, 5) is 16.6. The molecule has 0 aliphatic carbocycles. The van der Waals surface area contributed by atoms with Gasteiger partial charge in [0, 0.05) is 19.9 Å². The molecule has 3 N–H and O–H groups in total. The van der Waals surface area contributed by atoms with Crippen molar-refractivity contribution >= 4 is 28.9 Å². The molecule has 0 aliphatic rings. The first-order valence-electron chi connectivity index (χ1n) is 6.02. The lowest BCUT2D eigenvalue weighted by Crippen LogP contribution is -2.27. The SMILES string of the molecule is CON(C)C(=O)CCC(=NNC(N)=S)c1ccccc1. The first-order valence-corrected chi connectivity index (χ1v) is 6.43. The van der Waals surface area contributed by atoms with Gasteiger partial charge in [-0.3, -0.25) is 15.1 Å². The summed E-state index contributed by atoms with van der Waals surface area (Å²) in [5.74, 6) is -0.133. The maximum absolute atomic E-state index is 11.7. The van der Waals surface area contributed by atoms with Gasteiger partial charge in [-0.25, -0.2) is 5.06 Å². The van der Waals surface area contributed by atoms with Gasteiger partial charge in [0.1, 0.15) is 0 Å². The Hall–Kier alpha value is -1.99. The van der Waals surface area contributed by atoms with Gasteiger partial charge in [0.15, 0.2) is 5.11 Å². The van der Waals surface area contributed by atoms with E-state index in [-0.39, 0.29) is 17.4 Å². The van der Waals surface area contributed by atoms with Gasteiger partial charge in [0.05, 0.1) is 12.8 Å². The average molecular weight is 294 g/mol. The number of nitrogens with two attached hydrogens (primary N) is 1. The molecule has 0 atom stereocenters. The van der Waals surface area contributed by atoms with Crippen LogP contribution in [0.25, 0.3) is 0 Å². The van der Waals surface area contributed by atoms with E-state index in [1.54, 1.807) is 7.05 Å². The zero-order valence-electron chi connectivity index (χ0n) is 11.5. The van der Waals surface area contributed by atoms with Crippen LogP contribution in [0.1, 0.15) is 18.4 Å². The minimum absolute atomic E-state index is 0.0822. The second kappa shape index (κ2) is 8.23. The zero-order chi connectivity index (χ0) is 15.0. The fourth-order valence-electron chi connectivity index (χ4n) is 1.50. The number of carbonyl (C=O) groups excluding carboxylic acids is 1. The van der Waals surface area contributed by atoms with Crippen LogP contribution >= 0.6 is 12.2 Å². The third-order valence-electron chi connectivity index (χ3n) is 2.61. The molecule has 0 heterocycles. The van der Waals surface area contributed by atoms with E-state index in [1.165, 1.54) is 12.2 Å². The van der Waals surface area contributed by atoms with Crippen LogP contribution < -0.4 is 11.2 Å². The van der Waals surface area contributed by atoms with E-state index >= 15 is 0 Å². The van der Waals surface area contributed by atoms with E-state index in [0.29, 0.717) is 12.1 Å². The van der Waals surface area contributed by atoms with Crippen molar-refractivity contribution < 1.29 is 9.63 Å².